The highest BCUT2D eigenvalue weighted by molar-refractivity contribution is 6.19. The Morgan fingerprint density at radius 2 is 0.926 bits per heavy atom. The lowest BCUT2D eigenvalue weighted by Crippen LogP contribution is -1.99. The van der Waals surface area contributed by atoms with Crippen LogP contribution in [0.5, 0.6) is 0 Å². The second-order valence-corrected chi connectivity index (χ2v) is 13.2. The van der Waals surface area contributed by atoms with Crippen molar-refractivity contribution in [1.82, 2.24) is 29.9 Å². The van der Waals surface area contributed by atoms with Crippen molar-refractivity contribution in [2.75, 3.05) is 0 Å². The topological polar surface area (TPSA) is 77.3 Å². The van der Waals surface area contributed by atoms with E-state index in [1.807, 2.05) is 60.9 Å². The monoisotopic (exact) mass is 690 g/mol. The zero-order valence-corrected chi connectivity index (χ0v) is 29.0. The van der Waals surface area contributed by atoms with Gasteiger partial charge >= 0.3 is 0 Å². The summed E-state index contributed by atoms with van der Waals surface area (Å²) in [7, 11) is 0. The fourth-order valence-electron chi connectivity index (χ4n) is 7.34. The lowest BCUT2D eigenvalue weighted by atomic mass is 9.89. The largest absolute Gasteiger partial charge is 0.244 e. The molecule has 6 heteroatoms. The average Bonchev–Trinajstić information content (AvgIpc) is 3.26. The van der Waals surface area contributed by atoms with E-state index in [0.29, 0.717) is 11.6 Å². The van der Waals surface area contributed by atoms with Crippen LogP contribution in [0.3, 0.4) is 0 Å². The van der Waals surface area contributed by atoms with Crippen molar-refractivity contribution < 1.29 is 0 Å². The zero-order chi connectivity index (χ0) is 35.8. The van der Waals surface area contributed by atoms with Crippen molar-refractivity contribution in [2.24, 2.45) is 0 Å². The Labute approximate surface area is 311 Å². The van der Waals surface area contributed by atoms with Gasteiger partial charge in [-0.2, -0.15) is 0 Å². The molecule has 0 saturated carbocycles. The molecule has 0 aliphatic rings. The molecule has 252 valence electrons. The summed E-state index contributed by atoms with van der Waals surface area (Å²) in [6.45, 7) is 0. The number of fused-ring (bicyclic) bond motifs is 4. The standard InChI is InChI=1S/C48H30N6/c1-5-14-31(15-6-1)41-27-42(32-16-7-2-8-17-32)53-47(52-41)36-24-25-37-35(26-36)22-13-23-38(37)48-50-29-40-39-28-49-30-51-45(39)43(33-18-9-3-10-19-33)44(46(40)54-48)34-20-11-4-12-21-34/h1-30H. The van der Waals surface area contributed by atoms with E-state index in [-0.39, 0.29) is 0 Å². The van der Waals surface area contributed by atoms with Crippen LogP contribution in [-0.4, -0.2) is 29.9 Å². The van der Waals surface area contributed by atoms with Crippen molar-refractivity contribution in [1.29, 1.82) is 0 Å². The lowest BCUT2D eigenvalue weighted by Gasteiger charge is -2.17. The van der Waals surface area contributed by atoms with Gasteiger partial charge in [0.25, 0.3) is 0 Å². The third kappa shape index (κ3) is 5.54. The molecule has 54 heavy (non-hydrogen) atoms. The molecule has 0 N–H and O–H groups in total. The summed E-state index contributed by atoms with van der Waals surface area (Å²) in [6, 6.07) is 56.1. The van der Waals surface area contributed by atoms with Crippen LogP contribution in [0.15, 0.2) is 183 Å². The molecule has 10 rings (SSSR count). The first-order chi connectivity index (χ1) is 26.8. The number of benzene rings is 7. The second-order valence-electron chi connectivity index (χ2n) is 13.2. The highest BCUT2D eigenvalue weighted by Crippen LogP contribution is 2.43. The fourth-order valence-corrected chi connectivity index (χ4v) is 7.34. The van der Waals surface area contributed by atoms with Crippen molar-refractivity contribution >= 4 is 32.6 Å². The van der Waals surface area contributed by atoms with Crippen molar-refractivity contribution in [3.05, 3.63) is 183 Å². The molecule has 0 atom stereocenters. The Morgan fingerprint density at radius 3 is 1.56 bits per heavy atom. The molecule has 0 aliphatic carbocycles. The number of hydrogen-bond donors (Lipinski definition) is 0. The van der Waals surface area contributed by atoms with Crippen LogP contribution in [-0.2, 0) is 0 Å². The van der Waals surface area contributed by atoms with Crippen LogP contribution >= 0.6 is 0 Å². The van der Waals surface area contributed by atoms with Crippen molar-refractivity contribution in [2.45, 2.75) is 0 Å². The van der Waals surface area contributed by atoms with Gasteiger partial charge in [-0.3, -0.25) is 0 Å². The van der Waals surface area contributed by atoms with Crippen molar-refractivity contribution in [3.63, 3.8) is 0 Å². The van der Waals surface area contributed by atoms with E-state index < -0.39 is 0 Å². The minimum atomic E-state index is 0.641. The molecule has 3 heterocycles. The fraction of sp³-hybridized carbons (Fsp3) is 0. The SMILES string of the molecule is c1ccc(-c2cc(-c3ccccc3)nc(-c3ccc4c(-c5ncc6c(n5)c(-c5ccccc5)c(-c5ccccc5)c5ncncc56)cccc4c3)n2)cc1. The average molecular weight is 691 g/mol. The number of hydrogen-bond acceptors (Lipinski definition) is 6. The first-order valence-corrected chi connectivity index (χ1v) is 17.9. The minimum Gasteiger partial charge on any atom is -0.244 e. The molecule has 6 nitrogen and oxygen atoms in total. The van der Waals surface area contributed by atoms with E-state index in [4.69, 9.17) is 24.9 Å². The highest BCUT2D eigenvalue weighted by Gasteiger charge is 2.21. The summed E-state index contributed by atoms with van der Waals surface area (Å²) in [5, 5.41) is 3.90. The van der Waals surface area contributed by atoms with Gasteiger partial charge in [-0.05, 0) is 34.0 Å². The summed E-state index contributed by atoms with van der Waals surface area (Å²) >= 11 is 0. The molecule has 0 unspecified atom stereocenters. The summed E-state index contributed by atoms with van der Waals surface area (Å²) in [5.41, 5.74) is 11.6. The summed E-state index contributed by atoms with van der Waals surface area (Å²) in [4.78, 5) is 29.8. The van der Waals surface area contributed by atoms with Gasteiger partial charge in [0.1, 0.15) is 6.33 Å². The van der Waals surface area contributed by atoms with Gasteiger partial charge in [0.2, 0.25) is 0 Å². The maximum absolute atomic E-state index is 5.39. The molecule has 0 aliphatic heterocycles. The summed E-state index contributed by atoms with van der Waals surface area (Å²) in [6.07, 6.45) is 5.40. The van der Waals surface area contributed by atoms with Crippen LogP contribution in [0.25, 0.3) is 100 Å². The van der Waals surface area contributed by atoms with Crippen LogP contribution in [0.4, 0.5) is 0 Å². The molecule has 7 aromatic carbocycles. The van der Waals surface area contributed by atoms with Crippen molar-refractivity contribution in [3.8, 4) is 67.5 Å². The molecule has 10 aromatic rings. The Hall–Kier alpha value is -7.44. The minimum absolute atomic E-state index is 0.641. The maximum atomic E-state index is 5.39. The van der Waals surface area contributed by atoms with Gasteiger partial charge in [-0.1, -0.05) is 152 Å². The first-order valence-electron chi connectivity index (χ1n) is 17.9. The van der Waals surface area contributed by atoms with E-state index in [9.17, 15) is 0 Å². The molecule has 0 bridgehead atoms. The van der Waals surface area contributed by atoms with E-state index in [2.05, 4.69) is 120 Å². The molecular formula is C48H30N6. The van der Waals surface area contributed by atoms with Gasteiger partial charge in [0.05, 0.1) is 22.4 Å². The van der Waals surface area contributed by atoms with E-state index in [1.165, 1.54) is 0 Å². The molecule has 0 fully saturated rings. The molecular weight excluding hydrogens is 661 g/mol. The molecule has 0 amide bonds. The third-order valence-electron chi connectivity index (χ3n) is 9.88. The molecule has 0 radical (unpaired) electrons. The zero-order valence-electron chi connectivity index (χ0n) is 29.0. The van der Waals surface area contributed by atoms with Gasteiger partial charge < -0.3 is 0 Å². The van der Waals surface area contributed by atoms with Crippen LogP contribution < -0.4 is 0 Å². The smallest absolute Gasteiger partial charge is 0.160 e. The van der Waals surface area contributed by atoms with Gasteiger partial charge in [0.15, 0.2) is 11.6 Å². The Kier molecular flexibility index (Phi) is 7.69. The summed E-state index contributed by atoms with van der Waals surface area (Å²) < 4.78 is 0. The highest BCUT2D eigenvalue weighted by atomic mass is 14.9. The number of aromatic nitrogens is 6. The predicted molar refractivity (Wildman–Crippen MR) is 218 cm³/mol. The molecule has 0 spiro atoms. The van der Waals surface area contributed by atoms with Crippen LogP contribution in [0.2, 0.25) is 0 Å². The normalized spacial score (nSPS) is 11.3. The molecule has 0 saturated heterocycles. The van der Waals surface area contributed by atoms with E-state index in [1.54, 1.807) is 6.33 Å². The van der Waals surface area contributed by atoms with E-state index >= 15 is 0 Å². The van der Waals surface area contributed by atoms with Crippen LogP contribution in [0.1, 0.15) is 0 Å². The third-order valence-corrected chi connectivity index (χ3v) is 9.88. The Bertz CT molecular complexity index is 2910. The first kappa shape index (κ1) is 31.3. The molecule has 3 aromatic heterocycles. The lowest BCUT2D eigenvalue weighted by molar-refractivity contribution is 1.18. The summed E-state index contributed by atoms with van der Waals surface area (Å²) in [5.74, 6) is 1.31. The number of nitrogens with zero attached hydrogens (tertiary/aromatic N) is 6. The number of rotatable bonds is 6. The second kappa shape index (κ2) is 13.3. The predicted octanol–water partition coefficient (Wildman–Crippen LogP) is 11.5. The Morgan fingerprint density at radius 1 is 0.352 bits per heavy atom. The van der Waals surface area contributed by atoms with Crippen LogP contribution in [0, 0.1) is 0 Å². The Balaban J connectivity index is 1.16. The van der Waals surface area contributed by atoms with E-state index in [0.717, 1.165) is 88.5 Å². The maximum Gasteiger partial charge on any atom is 0.160 e. The van der Waals surface area contributed by atoms with Gasteiger partial charge in [0, 0.05) is 56.5 Å². The quantitative estimate of drug-likeness (QED) is 0.162. The van der Waals surface area contributed by atoms with Gasteiger partial charge in [-0.25, -0.2) is 29.9 Å². The van der Waals surface area contributed by atoms with Gasteiger partial charge in [-0.15, -0.1) is 0 Å².